The summed E-state index contributed by atoms with van der Waals surface area (Å²) in [4.78, 5) is 12.5. The van der Waals surface area contributed by atoms with Gasteiger partial charge in [-0.15, -0.1) is 11.8 Å². The summed E-state index contributed by atoms with van der Waals surface area (Å²) < 4.78 is 0. The van der Waals surface area contributed by atoms with Crippen molar-refractivity contribution in [2.24, 2.45) is 0 Å². The second-order valence-corrected chi connectivity index (χ2v) is 5.45. The Morgan fingerprint density at radius 3 is 2.32 bits per heavy atom. The molecule has 0 aliphatic carbocycles. The van der Waals surface area contributed by atoms with Crippen LogP contribution in [0.25, 0.3) is 0 Å². The molecule has 1 aromatic carbocycles. The van der Waals surface area contributed by atoms with E-state index in [4.69, 9.17) is 26.9 Å². The van der Waals surface area contributed by atoms with Gasteiger partial charge in [-0.3, -0.25) is 4.79 Å². The lowest BCUT2D eigenvalue weighted by Crippen LogP contribution is -2.57. The summed E-state index contributed by atoms with van der Waals surface area (Å²) in [5.41, 5.74) is -1.39. The van der Waals surface area contributed by atoms with Crippen LogP contribution in [0.1, 0.15) is 0 Å². The van der Waals surface area contributed by atoms with Crippen molar-refractivity contribution >= 4 is 29.3 Å². The smallest absolute Gasteiger partial charge is 0.231 e. The first-order valence-electron chi connectivity index (χ1n) is 5.58. The molecular formula is C12H16ClNO4S. The molecule has 106 valence electrons. The summed E-state index contributed by atoms with van der Waals surface area (Å²) in [7, 11) is 0. The minimum Gasteiger partial charge on any atom is -0.394 e. The second kappa shape index (κ2) is 7.72. The minimum absolute atomic E-state index is 0.0749. The molecule has 0 radical (unpaired) electrons. The number of carbonyl (C=O) groups is 1. The molecule has 1 aromatic rings. The van der Waals surface area contributed by atoms with Crippen LogP contribution in [0.15, 0.2) is 29.2 Å². The van der Waals surface area contributed by atoms with Crippen molar-refractivity contribution in [2.75, 3.05) is 25.6 Å². The van der Waals surface area contributed by atoms with Crippen molar-refractivity contribution in [1.29, 1.82) is 0 Å². The van der Waals surface area contributed by atoms with Crippen LogP contribution in [-0.2, 0) is 4.79 Å². The van der Waals surface area contributed by atoms with Gasteiger partial charge in [0.05, 0.1) is 30.6 Å². The highest BCUT2D eigenvalue weighted by Crippen LogP contribution is 2.26. The van der Waals surface area contributed by atoms with E-state index in [1.807, 2.05) is 6.07 Å². The molecule has 0 atom stereocenters. The van der Waals surface area contributed by atoms with Gasteiger partial charge in [-0.1, -0.05) is 23.7 Å². The fourth-order valence-corrected chi connectivity index (χ4v) is 2.34. The minimum atomic E-state index is -1.39. The van der Waals surface area contributed by atoms with Gasteiger partial charge in [0.2, 0.25) is 5.91 Å². The molecule has 0 saturated heterocycles. The van der Waals surface area contributed by atoms with E-state index in [2.05, 4.69) is 5.32 Å². The standard InChI is InChI=1S/C12H16ClNO4S/c13-9-3-1-2-4-10(9)19-5-11(18)14-12(6-15,7-16)8-17/h1-4,15-17H,5-8H2,(H,14,18). The van der Waals surface area contributed by atoms with Gasteiger partial charge in [0.1, 0.15) is 5.54 Å². The van der Waals surface area contributed by atoms with Crippen LogP contribution in [0.5, 0.6) is 0 Å². The van der Waals surface area contributed by atoms with E-state index in [0.717, 1.165) is 4.90 Å². The first-order chi connectivity index (χ1) is 9.06. The number of benzene rings is 1. The van der Waals surface area contributed by atoms with Crippen molar-refractivity contribution in [1.82, 2.24) is 5.32 Å². The van der Waals surface area contributed by atoms with Crippen LogP contribution in [0.4, 0.5) is 0 Å². The topological polar surface area (TPSA) is 89.8 Å². The zero-order valence-electron chi connectivity index (χ0n) is 10.2. The average molecular weight is 306 g/mol. The number of halogens is 1. The first-order valence-corrected chi connectivity index (χ1v) is 6.94. The number of hydrogen-bond acceptors (Lipinski definition) is 5. The normalized spacial score (nSPS) is 11.4. The Labute approximate surface area is 120 Å². The van der Waals surface area contributed by atoms with Crippen molar-refractivity contribution in [3.05, 3.63) is 29.3 Å². The van der Waals surface area contributed by atoms with E-state index in [1.54, 1.807) is 18.2 Å². The molecule has 1 rings (SSSR count). The van der Waals surface area contributed by atoms with Crippen LogP contribution >= 0.6 is 23.4 Å². The van der Waals surface area contributed by atoms with Gasteiger partial charge in [0.15, 0.2) is 0 Å². The lowest BCUT2D eigenvalue weighted by atomic mass is 10.0. The lowest BCUT2D eigenvalue weighted by Gasteiger charge is -2.28. The predicted octanol–water partition coefficient (Wildman–Crippen LogP) is 0.264. The summed E-state index contributed by atoms with van der Waals surface area (Å²) in [6.45, 7) is -1.62. The van der Waals surface area contributed by atoms with E-state index in [0.29, 0.717) is 5.02 Å². The summed E-state index contributed by atoms with van der Waals surface area (Å²) in [6, 6.07) is 7.12. The third kappa shape index (κ3) is 4.67. The fourth-order valence-electron chi connectivity index (χ4n) is 1.31. The lowest BCUT2D eigenvalue weighted by molar-refractivity contribution is -0.122. The third-order valence-electron chi connectivity index (χ3n) is 2.51. The summed E-state index contributed by atoms with van der Waals surface area (Å²) in [5.74, 6) is -0.326. The first kappa shape index (κ1) is 16.3. The van der Waals surface area contributed by atoms with Gasteiger partial charge in [0, 0.05) is 4.90 Å². The van der Waals surface area contributed by atoms with E-state index < -0.39 is 31.3 Å². The van der Waals surface area contributed by atoms with E-state index in [9.17, 15) is 4.79 Å². The van der Waals surface area contributed by atoms with E-state index in [1.165, 1.54) is 11.8 Å². The van der Waals surface area contributed by atoms with Crippen LogP contribution in [0, 0.1) is 0 Å². The summed E-state index contributed by atoms with van der Waals surface area (Å²) in [5, 5.41) is 30.2. The largest absolute Gasteiger partial charge is 0.394 e. The molecule has 0 fully saturated rings. The van der Waals surface area contributed by atoms with Gasteiger partial charge in [-0.25, -0.2) is 0 Å². The molecule has 0 heterocycles. The number of carbonyl (C=O) groups excluding carboxylic acids is 1. The molecule has 1 amide bonds. The monoisotopic (exact) mass is 305 g/mol. The summed E-state index contributed by atoms with van der Waals surface area (Å²) >= 11 is 7.19. The SMILES string of the molecule is O=C(CSc1ccccc1Cl)NC(CO)(CO)CO. The molecule has 0 aromatic heterocycles. The number of hydrogen-bond donors (Lipinski definition) is 4. The zero-order chi connectivity index (χ0) is 14.3. The van der Waals surface area contributed by atoms with Gasteiger partial charge >= 0.3 is 0 Å². The van der Waals surface area contributed by atoms with Crippen LogP contribution < -0.4 is 5.32 Å². The number of aliphatic hydroxyl groups excluding tert-OH is 3. The van der Waals surface area contributed by atoms with Gasteiger partial charge in [-0.05, 0) is 12.1 Å². The molecule has 0 saturated carbocycles. The molecule has 0 aliphatic rings. The fraction of sp³-hybridized carbons (Fsp3) is 0.417. The maximum atomic E-state index is 11.7. The highest BCUT2D eigenvalue weighted by molar-refractivity contribution is 8.00. The Kier molecular flexibility index (Phi) is 6.60. The molecule has 19 heavy (non-hydrogen) atoms. The Hall–Kier alpha value is -0.790. The maximum absolute atomic E-state index is 11.7. The third-order valence-corrected chi connectivity index (χ3v) is 4.02. The highest BCUT2D eigenvalue weighted by Gasteiger charge is 2.29. The quantitative estimate of drug-likeness (QED) is 0.543. The number of aliphatic hydroxyl groups is 3. The number of thioether (sulfide) groups is 1. The van der Waals surface area contributed by atoms with Gasteiger partial charge in [-0.2, -0.15) is 0 Å². The van der Waals surface area contributed by atoms with E-state index in [-0.39, 0.29) is 5.75 Å². The Bertz CT molecular complexity index is 418. The van der Waals surface area contributed by atoms with Crippen molar-refractivity contribution < 1.29 is 20.1 Å². The molecule has 7 heteroatoms. The summed E-state index contributed by atoms with van der Waals surface area (Å²) in [6.07, 6.45) is 0. The Morgan fingerprint density at radius 2 is 1.79 bits per heavy atom. The van der Waals surface area contributed by atoms with Gasteiger partial charge < -0.3 is 20.6 Å². The molecule has 4 N–H and O–H groups in total. The highest BCUT2D eigenvalue weighted by atomic mass is 35.5. The predicted molar refractivity (Wildman–Crippen MR) is 74.3 cm³/mol. The van der Waals surface area contributed by atoms with Crippen molar-refractivity contribution in [3.63, 3.8) is 0 Å². The van der Waals surface area contributed by atoms with Crippen molar-refractivity contribution in [2.45, 2.75) is 10.4 Å². The van der Waals surface area contributed by atoms with Crippen LogP contribution in [-0.4, -0.2) is 52.3 Å². The average Bonchev–Trinajstić information content (AvgIpc) is 2.44. The van der Waals surface area contributed by atoms with Crippen molar-refractivity contribution in [3.8, 4) is 0 Å². The Morgan fingerprint density at radius 1 is 1.21 bits per heavy atom. The molecule has 0 unspecified atom stereocenters. The maximum Gasteiger partial charge on any atom is 0.231 e. The number of nitrogens with one attached hydrogen (secondary N) is 1. The molecular weight excluding hydrogens is 290 g/mol. The van der Waals surface area contributed by atoms with Gasteiger partial charge in [0.25, 0.3) is 0 Å². The van der Waals surface area contributed by atoms with E-state index >= 15 is 0 Å². The molecule has 0 bridgehead atoms. The zero-order valence-corrected chi connectivity index (χ0v) is 11.7. The number of rotatable bonds is 7. The molecule has 5 nitrogen and oxygen atoms in total. The number of amides is 1. The molecule has 0 spiro atoms. The second-order valence-electron chi connectivity index (χ2n) is 4.02. The Balaban J connectivity index is 2.54. The van der Waals surface area contributed by atoms with Crippen LogP contribution in [0.3, 0.4) is 0 Å². The van der Waals surface area contributed by atoms with Crippen LogP contribution in [0.2, 0.25) is 5.02 Å². The molecule has 0 aliphatic heterocycles.